The van der Waals surface area contributed by atoms with E-state index >= 15 is 0 Å². The number of rotatable bonds is 9. The van der Waals surface area contributed by atoms with Crippen molar-refractivity contribution in [2.45, 2.75) is 18.8 Å². The van der Waals surface area contributed by atoms with Gasteiger partial charge in [0, 0.05) is 45.7 Å². The van der Waals surface area contributed by atoms with Gasteiger partial charge in [-0.1, -0.05) is 40.9 Å². The summed E-state index contributed by atoms with van der Waals surface area (Å²) in [7, 11) is 0. The molecule has 0 spiro atoms. The maximum absolute atomic E-state index is 12.8. The normalized spacial score (nSPS) is 13.6. The SMILES string of the molecule is O=C(NCCc1ccc(Cl)cc1Oc1ccc(Cl)cc1)c1ccc(Oc2cc3c(cc2Cl)C(C(=O)[O-])CCO3)cc1.[Na+]. The van der Waals surface area contributed by atoms with E-state index in [0.717, 1.165) is 5.56 Å². The van der Waals surface area contributed by atoms with Crippen LogP contribution in [0.4, 0.5) is 0 Å². The van der Waals surface area contributed by atoms with Crippen molar-refractivity contribution < 1.29 is 58.5 Å². The Morgan fingerprint density at radius 1 is 0.857 bits per heavy atom. The number of fused-ring (bicyclic) bond motifs is 1. The zero-order chi connectivity index (χ0) is 28.9. The molecule has 1 atom stereocenters. The third kappa shape index (κ3) is 7.92. The molecule has 1 aliphatic rings. The van der Waals surface area contributed by atoms with Crippen molar-refractivity contribution in [3.05, 3.63) is 111 Å². The molecule has 210 valence electrons. The molecular formula is C31H23Cl3NNaO6. The van der Waals surface area contributed by atoms with Crippen LogP contribution in [0.2, 0.25) is 15.1 Å². The number of benzene rings is 4. The van der Waals surface area contributed by atoms with E-state index in [1.807, 2.05) is 6.07 Å². The number of aliphatic carboxylic acids is 1. The van der Waals surface area contributed by atoms with E-state index in [1.54, 1.807) is 66.7 Å². The van der Waals surface area contributed by atoms with Crippen LogP contribution in [0.3, 0.4) is 0 Å². The van der Waals surface area contributed by atoms with Gasteiger partial charge in [-0.2, -0.15) is 0 Å². The molecule has 11 heteroatoms. The van der Waals surface area contributed by atoms with Crippen molar-refractivity contribution in [2.24, 2.45) is 0 Å². The Hall–Kier alpha value is -2.91. The van der Waals surface area contributed by atoms with Gasteiger partial charge in [0.2, 0.25) is 0 Å². The van der Waals surface area contributed by atoms with Gasteiger partial charge >= 0.3 is 29.6 Å². The minimum atomic E-state index is -1.17. The fraction of sp³-hybridized carbons (Fsp3) is 0.161. The van der Waals surface area contributed by atoms with Gasteiger partial charge < -0.3 is 29.4 Å². The molecule has 5 rings (SSSR count). The molecule has 0 aromatic heterocycles. The molecule has 1 heterocycles. The van der Waals surface area contributed by atoms with Crippen molar-refractivity contribution in [2.75, 3.05) is 13.2 Å². The first-order valence-corrected chi connectivity index (χ1v) is 13.9. The molecule has 42 heavy (non-hydrogen) atoms. The largest absolute Gasteiger partial charge is 1.00 e. The van der Waals surface area contributed by atoms with Crippen LogP contribution < -0.4 is 54.2 Å². The summed E-state index contributed by atoms with van der Waals surface area (Å²) < 4.78 is 17.5. The Bertz CT molecular complexity index is 1580. The van der Waals surface area contributed by atoms with Crippen molar-refractivity contribution in [3.8, 4) is 28.7 Å². The molecule has 4 aromatic rings. The number of carboxylic acids is 1. The van der Waals surface area contributed by atoms with E-state index in [0.29, 0.717) is 69.3 Å². The Labute approximate surface area is 279 Å². The molecule has 7 nitrogen and oxygen atoms in total. The number of carbonyl (C=O) groups excluding carboxylic acids is 2. The van der Waals surface area contributed by atoms with Gasteiger partial charge in [-0.15, -0.1) is 0 Å². The van der Waals surface area contributed by atoms with Crippen LogP contribution in [0, 0.1) is 0 Å². The van der Waals surface area contributed by atoms with Crippen LogP contribution in [0.5, 0.6) is 28.7 Å². The smallest absolute Gasteiger partial charge is 0.549 e. The number of ether oxygens (including phenoxy) is 3. The number of hydrogen-bond acceptors (Lipinski definition) is 6. The maximum atomic E-state index is 12.8. The minimum Gasteiger partial charge on any atom is -0.549 e. The third-order valence-electron chi connectivity index (χ3n) is 6.48. The summed E-state index contributed by atoms with van der Waals surface area (Å²) >= 11 is 18.5. The first-order chi connectivity index (χ1) is 19.8. The van der Waals surface area contributed by atoms with Crippen LogP contribution in [0.1, 0.15) is 33.8 Å². The summed E-state index contributed by atoms with van der Waals surface area (Å²) in [5.41, 5.74) is 1.79. The third-order valence-corrected chi connectivity index (χ3v) is 7.27. The van der Waals surface area contributed by atoms with Gasteiger partial charge in [0.05, 0.1) is 11.6 Å². The summed E-state index contributed by atoms with van der Waals surface area (Å²) in [4.78, 5) is 24.2. The average Bonchev–Trinajstić information content (AvgIpc) is 2.95. The number of nitrogens with one attached hydrogen (secondary N) is 1. The monoisotopic (exact) mass is 633 g/mol. The second kappa shape index (κ2) is 14.5. The molecule has 1 N–H and O–H groups in total. The van der Waals surface area contributed by atoms with Gasteiger partial charge in [-0.25, -0.2) is 0 Å². The summed E-state index contributed by atoms with van der Waals surface area (Å²) in [5.74, 6) is 0.148. The summed E-state index contributed by atoms with van der Waals surface area (Å²) in [5, 5.41) is 15.7. The van der Waals surface area contributed by atoms with Gasteiger partial charge in [0.25, 0.3) is 5.91 Å². The fourth-order valence-electron chi connectivity index (χ4n) is 4.39. The summed E-state index contributed by atoms with van der Waals surface area (Å²) in [6, 6.07) is 22.0. The molecule has 0 saturated carbocycles. The summed E-state index contributed by atoms with van der Waals surface area (Å²) in [6.45, 7) is 0.624. The molecule has 0 aliphatic carbocycles. The molecule has 1 amide bonds. The first kappa shape index (κ1) is 32.0. The Kier molecular flexibility index (Phi) is 11.1. The van der Waals surface area contributed by atoms with E-state index in [4.69, 9.17) is 49.0 Å². The number of hydrogen-bond donors (Lipinski definition) is 1. The van der Waals surface area contributed by atoms with Gasteiger partial charge in [-0.05, 0) is 85.1 Å². The second-order valence-electron chi connectivity index (χ2n) is 9.27. The Morgan fingerprint density at radius 2 is 1.50 bits per heavy atom. The topological polar surface area (TPSA) is 96.9 Å². The zero-order valence-electron chi connectivity index (χ0n) is 22.5. The summed E-state index contributed by atoms with van der Waals surface area (Å²) in [6.07, 6.45) is 0.832. The van der Waals surface area contributed by atoms with Crippen LogP contribution in [-0.2, 0) is 11.2 Å². The standard InChI is InChI=1S/C31H24Cl3NO6.Na/c32-20-5-9-23(10-6-20)40-27-15-21(33)4-1-18(27)11-13-35-30(36)19-2-7-22(8-3-19)41-29-17-28-25(16-26(29)34)24(31(37)38)12-14-39-28;/h1-10,15-17,24H,11-14H2,(H,35,36)(H,37,38);/q;+1/p-1. The van der Waals surface area contributed by atoms with Crippen LogP contribution in [0.25, 0.3) is 0 Å². The Morgan fingerprint density at radius 3 is 2.19 bits per heavy atom. The van der Waals surface area contributed by atoms with E-state index < -0.39 is 11.9 Å². The molecule has 0 saturated heterocycles. The van der Waals surface area contributed by atoms with Crippen molar-refractivity contribution in [1.82, 2.24) is 5.32 Å². The van der Waals surface area contributed by atoms with Crippen molar-refractivity contribution in [1.29, 1.82) is 0 Å². The van der Waals surface area contributed by atoms with Gasteiger partial charge in [-0.3, -0.25) is 4.79 Å². The number of amides is 1. The molecule has 0 fully saturated rings. The molecule has 4 aromatic carbocycles. The van der Waals surface area contributed by atoms with E-state index in [-0.39, 0.29) is 47.1 Å². The minimum absolute atomic E-state index is 0. The predicted molar refractivity (Wildman–Crippen MR) is 155 cm³/mol. The molecule has 1 unspecified atom stereocenters. The quantitative estimate of drug-likeness (QED) is 0.281. The first-order valence-electron chi connectivity index (χ1n) is 12.7. The fourth-order valence-corrected chi connectivity index (χ4v) is 4.89. The second-order valence-corrected chi connectivity index (χ2v) is 10.5. The predicted octanol–water partition coefficient (Wildman–Crippen LogP) is 3.82. The molecule has 0 radical (unpaired) electrons. The van der Waals surface area contributed by atoms with Gasteiger partial charge in [0.1, 0.15) is 28.7 Å². The van der Waals surface area contributed by atoms with Crippen molar-refractivity contribution >= 4 is 46.7 Å². The van der Waals surface area contributed by atoms with E-state index in [1.165, 1.54) is 6.07 Å². The number of carbonyl (C=O) groups is 2. The average molecular weight is 635 g/mol. The van der Waals surface area contributed by atoms with Crippen LogP contribution >= 0.6 is 34.8 Å². The Balaban J connectivity index is 0.00000405. The van der Waals surface area contributed by atoms with Crippen LogP contribution in [0.15, 0.2) is 78.9 Å². The van der Waals surface area contributed by atoms with Gasteiger partial charge in [0.15, 0.2) is 0 Å². The zero-order valence-corrected chi connectivity index (χ0v) is 26.8. The van der Waals surface area contributed by atoms with E-state index in [9.17, 15) is 14.7 Å². The van der Waals surface area contributed by atoms with Crippen molar-refractivity contribution in [3.63, 3.8) is 0 Å². The van der Waals surface area contributed by atoms with Crippen LogP contribution in [-0.4, -0.2) is 25.0 Å². The molecular weight excluding hydrogens is 612 g/mol. The molecule has 1 aliphatic heterocycles. The van der Waals surface area contributed by atoms with E-state index in [2.05, 4.69) is 5.32 Å². The maximum Gasteiger partial charge on any atom is 1.00 e. The molecule has 0 bridgehead atoms. The number of halogens is 3. The number of carboxylic acid groups (broad SMARTS) is 1.